The summed E-state index contributed by atoms with van der Waals surface area (Å²) in [5.41, 5.74) is 7.46. The van der Waals surface area contributed by atoms with E-state index in [4.69, 9.17) is 0 Å². The van der Waals surface area contributed by atoms with Gasteiger partial charge in [0.05, 0.1) is 0 Å². The van der Waals surface area contributed by atoms with Crippen molar-refractivity contribution in [2.75, 3.05) is 13.6 Å². The standard InChI is InChI=1S/C37H45N3O2/c1-23-21-27-29-14-10-18-36(29,2)19-16-30(27)37(3)22-28(35(42)40(4)33(23)37)34(41)38-20-17-26-25-13-8-9-15-31(25)39-32(26)24-11-6-5-7-12-24/h5-9,11-13,15,27-30,39H,10,14,16-22H2,1-4H3,(H,38,41)/t27-,28?,29-,30+,36-,37+/m0/s1. The van der Waals surface area contributed by atoms with Crippen molar-refractivity contribution in [3.05, 3.63) is 71.4 Å². The molecule has 7 rings (SSSR count). The summed E-state index contributed by atoms with van der Waals surface area (Å²) in [5.74, 6) is 1.19. The van der Waals surface area contributed by atoms with Crippen LogP contribution in [0, 0.1) is 34.5 Å². The molecule has 6 atom stereocenters. The number of H-pyrrole nitrogens is 1. The number of piperidine rings is 1. The van der Waals surface area contributed by atoms with Crippen LogP contribution < -0.4 is 5.32 Å². The number of nitrogens with one attached hydrogen (secondary N) is 2. The first kappa shape index (κ1) is 27.5. The Morgan fingerprint density at radius 2 is 1.79 bits per heavy atom. The molecular formula is C37H45N3O2. The molecule has 4 aliphatic rings. The molecule has 3 aliphatic carbocycles. The highest BCUT2D eigenvalue weighted by molar-refractivity contribution is 6.02. The predicted molar refractivity (Wildman–Crippen MR) is 168 cm³/mol. The van der Waals surface area contributed by atoms with Gasteiger partial charge in [0, 0.05) is 41.3 Å². The lowest BCUT2D eigenvalue weighted by atomic mass is 9.48. The van der Waals surface area contributed by atoms with E-state index in [2.05, 4.69) is 73.5 Å². The quantitative estimate of drug-likeness (QED) is 0.316. The van der Waals surface area contributed by atoms with Gasteiger partial charge in [0.2, 0.25) is 11.8 Å². The fourth-order valence-electron chi connectivity index (χ4n) is 10.2. The number of benzene rings is 2. The Hall–Kier alpha value is -3.34. The largest absolute Gasteiger partial charge is 0.355 e. The van der Waals surface area contributed by atoms with E-state index in [-0.39, 0.29) is 17.2 Å². The second kappa shape index (κ2) is 10.1. The highest BCUT2D eigenvalue weighted by atomic mass is 16.2. The molecule has 1 unspecified atom stereocenters. The van der Waals surface area contributed by atoms with E-state index >= 15 is 0 Å². The molecule has 3 aromatic rings. The molecule has 220 valence electrons. The number of aromatic amines is 1. The first-order valence-electron chi connectivity index (χ1n) is 16.1. The average molecular weight is 564 g/mol. The van der Waals surface area contributed by atoms with Crippen LogP contribution in [-0.2, 0) is 16.0 Å². The SMILES string of the molecule is CC1=C2N(C)C(=O)C(C(=O)NCCc3c(-c4ccccc4)[nH]c4ccccc34)C[C@]2(C)[C@@H]2CC[C@]3(C)CCC[C@H]3[C@@H]2C1. The van der Waals surface area contributed by atoms with E-state index in [1.807, 2.05) is 24.1 Å². The zero-order valence-electron chi connectivity index (χ0n) is 25.6. The Morgan fingerprint density at radius 3 is 2.60 bits per heavy atom. The number of hydrogen-bond donors (Lipinski definition) is 2. The lowest BCUT2D eigenvalue weighted by Gasteiger charge is -2.59. The summed E-state index contributed by atoms with van der Waals surface area (Å²) in [7, 11) is 1.92. The van der Waals surface area contributed by atoms with Crippen molar-refractivity contribution in [1.82, 2.24) is 15.2 Å². The molecule has 2 aromatic carbocycles. The maximum absolute atomic E-state index is 13.8. The van der Waals surface area contributed by atoms with Gasteiger partial charge in [0.25, 0.3) is 0 Å². The maximum Gasteiger partial charge on any atom is 0.239 e. The third kappa shape index (κ3) is 4.18. The van der Waals surface area contributed by atoms with E-state index in [1.54, 1.807) is 0 Å². The molecule has 1 saturated heterocycles. The number of rotatable bonds is 5. The zero-order valence-corrected chi connectivity index (χ0v) is 25.6. The summed E-state index contributed by atoms with van der Waals surface area (Å²) in [6.45, 7) is 7.66. The van der Waals surface area contributed by atoms with Crippen molar-refractivity contribution in [1.29, 1.82) is 0 Å². The fraction of sp³-hybridized carbons (Fsp3) is 0.514. The minimum absolute atomic E-state index is 0.0450. The van der Waals surface area contributed by atoms with Crippen molar-refractivity contribution >= 4 is 22.7 Å². The third-order valence-electron chi connectivity index (χ3n) is 12.0. The molecule has 5 nitrogen and oxygen atoms in total. The van der Waals surface area contributed by atoms with Crippen LogP contribution >= 0.6 is 0 Å². The summed E-state index contributed by atoms with van der Waals surface area (Å²) in [4.78, 5) is 33.0. The topological polar surface area (TPSA) is 65.2 Å². The molecule has 0 bridgehead atoms. The number of amides is 2. The van der Waals surface area contributed by atoms with Gasteiger partial charge in [0.15, 0.2) is 0 Å². The molecule has 2 saturated carbocycles. The van der Waals surface area contributed by atoms with Gasteiger partial charge < -0.3 is 15.2 Å². The monoisotopic (exact) mass is 563 g/mol. The number of aromatic nitrogens is 1. The van der Waals surface area contributed by atoms with Crippen LogP contribution in [0.1, 0.15) is 71.3 Å². The van der Waals surface area contributed by atoms with Crippen LogP contribution in [0.3, 0.4) is 0 Å². The third-order valence-corrected chi connectivity index (χ3v) is 12.0. The van der Waals surface area contributed by atoms with Crippen LogP contribution in [0.2, 0.25) is 0 Å². The Bertz CT molecular complexity index is 1570. The molecule has 42 heavy (non-hydrogen) atoms. The fourth-order valence-corrected chi connectivity index (χ4v) is 10.2. The highest BCUT2D eigenvalue weighted by Crippen LogP contribution is 2.65. The van der Waals surface area contributed by atoms with Crippen LogP contribution in [0.25, 0.3) is 22.2 Å². The number of carbonyl (C=O) groups is 2. The van der Waals surface area contributed by atoms with Crippen molar-refractivity contribution in [3.8, 4) is 11.3 Å². The molecule has 5 heteroatoms. The van der Waals surface area contributed by atoms with E-state index in [0.29, 0.717) is 36.6 Å². The summed E-state index contributed by atoms with van der Waals surface area (Å²) in [6, 6.07) is 18.7. The second-order valence-corrected chi connectivity index (χ2v) is 14.3. The van der Waals surface area contributed by atoms with Gasteiger partial charge in [-0.25, -0.2) is 0 Å². The van der Waals surface area contributed by atoms with E-state index in [0.717, 1.165) is 29.1 Å². The van der Waals surface area contributed by atoms with Crippen molar-refractivity contribution in [2.45, 2.75) is 72.1 Å². The molecular weight excluding hydrogens is 518 g/mol. The summed E-state index contributed by atoms with van der Waals surface area (Å²) >= 11 is 0. The Morgan fingerprint density at radius 1 is 1.02 bits per heavy atom. The Labute approximate surface area is 250 Å². The average Bonchev–Trinajstić information content (AvgIpc) is 3.56. The van der Waals surface area contributed by atoms with E-state index < -0.39 is 5.92 Å². The van der Waals surface area contributed by atoms with Gasteiger partial charge in [-0.1, -0.05) is 74.4 Å². The first-order chi connectivity index (χ1) is 20.2. The van der Waals surface area contributed by atoms with Gasteiger partial charge >= 0.3 is 0 Å². The van der Waals surface area contributed by atoms with Crippen LogP contribution in [0.5, 0.6) is 0 Å². The maximum atomic E-state index is 13.8. The second-order valence-electron chi connectivity index (χ2n) is 14.3. The van der Waals surface area contributed by atoms with E-state index in [1.165, 1.54) is 54.3 Å². The van der Waals surface area contributed by atoms with Gasteiger partial charge in [-0.3, -0.25) is 9.59 Å². The normalized spacial score (nSPS) is 32.5. The first-order valence-corrected chi connectivity index (χ1v) is 16.1. The van der Waals surface area contributed by atoms with Gasteiger partial charge in [-0.05, 0) is 92.2 Å². The van der Waals surface area contributed by atoms with Crippen LogP contribution in [0.15, 0.2) is 65.9 Å². The molecule has 2 heterocycles. The summed E-state index contributed by atoms with van der Waals surface area (Å²) in [5, 5.41) is 4.39. The van der Waals surface area contributed by atoms with Gasteiger partial charge in [-0.2, -0.15) is 0 Å². The van der Waals surface area contributed by atoms with Crippen LogP contribution in [-0.4, -0.2) is 35.3 Å². The van der Waals surface area contributed by atoms with Crippen LogP contribution in [0.4, 0.5) is 0 Å². The van der Waals surface area contributed by atoms with Crippen molar-refractivity contribution < 1.29 is 9.59 Å². The zero-order chi connectivity index (χ0) is 29.2. The lowest BCUT2D eigenvalue weighted by Crippen LogP contribution is -2.58. The van der Waals surface area contributed by atoms with Gasteiger partial charge in [0.1, 0.15) is 5.92 Å². The minimum atomic E-state index is -0.635. The number of likely N-dealkylation sites (tertiary alicyclic amines) is 1. The molecule has 0 radical (unpaired) electrons. The summed E-state index contributed by atoms with van der Waals surface area (Å²) < 4.78 is 0. The molecule has 1 aliphatic heterocycles. The molecule has 0 spiro atoms. The number of carbonyl (C=O) groups excluding carboxylic acids is 2. The lowest BCUT2D eigenvalue weighted by molar-refractivity contribution is -0.149. The summed E-state index contributed by atoms with van der Waals surface area (Å²) in [6.07, 6.45) is 8.98. The minimum Gasteiger partial charge on any atom is -0.355 e. The number of para-hydroxylation sites is 1. The highest BCUT2D eigenvalue weighted by Gasteiger charge is 2.60. The number of nitrogens with zero attached hydrogens (tertiary/aromatic N) is 1. The van der Waals surface area contributed by atoms with Gasteiger partial charge in [-0.15, -0.1) is 0 Å². The van der Waals surface area contributed by atoms with Crippen molar-refractivity contribution in [2.24, 2.45) is 34.5 Å². The Kier molecular flexibility index (Phi) is 6.64. The van der Waals surface area contributed by atoms with E-state index in [9.17, 15) is 9.59 Å². The molecule has 2 N–H and O–H groups in total. The van der Waals surface area contributed by atoms with Crippen molar-refractivity contribution in [3.63, 3.8) is 0 Å². The molecule has 2 amide bonds. The molecule has 1 aromatic heterocycles. The predicted octanol–water partition coefficient (Wildman–Crippen LogP) is 7.49. The smallest absolute Gasteiger partial charge is 0.239 e. The number of allylic oxidation sites excluding steroid dienone is 2. The Balaban J connectivity index is 1.12. The molecule has 3 fully saturated rings. The number of hydrogen-bond acceptors (Lipinski definition) is 2. The number of fused-ring (bicyclic) bond motifs is 6.